The maximum absolute atomic E-state index is 13.3. The van der Waals surface area contributed by atoms with Crippen molar-refractivity contribution >= 4 is 23.5 Å². The van der Waals surface area contributed by atoms with E-state index < -0.39 is 0 Å². The molecule has 5 nitrogen and oxygen atoms in total. The molecule has 0 fully saturated rings. The minimum Gasteiger partial charge on any atom is -0.366 e. The Morgan fingerprint density at radius 3 is 2.67 bits per heavy atom. The Kier molecular flexibility index (Phi) is 3.61. The average molecular weight is 344 g/mol. The van der Waals surface area contributed by atoms with Gasteiger partial charge in [-0.15, -0.1) is 5.10 Å². The third-order valence-corrected chi connectivity index (χ3v) is 4.58. The Morgan fingerprint density at radius 1 is 1.17 bits per heavy atom. The SMILES string of the molecule is Nc1nc2n(n1)[C@H](c1ccc(F)cc1)C[C@@H](c1ccccc1Cl)N2. The zero-order valence-electron chi connectivity index (χ0n) is 12.7. The summed E-state index contributed by atoms with van der Waals surface area (Å²) in [5.41, 5.74) is 7.70. The van der Waals surface area contributed by atoms with Crippen LogP contribution in [-0.2, 0) is 0 Å². The van der Waals surface area contributed by atoms with Gasteiger partial charge >= 0.3 is 0 Å². The van der Waals surface area contributed by atoms with Gasteiger partial charge in [0, 0.05) is 5.02 Å². The fraction of sp³-hybridized carbons (Fsp3) is 0.176. The standard InChI is InChI=1S/C17H15ClFN5/c18-13-4-2-1-3-12(13)14-9-15(10-5-7-11(19)8-6-10)24-17(21-14)22-16(20)23-24/h1-8,14-15H,9H2,(H3,20,21,22,23)/t14-,15-/m0/s1. The van der Waals surface area contributed by atoms with Crippen molar-refractivity contribution in [1.29, 1.82) is 0 Å². The highest BCUT2D eigenvalue weighted by atomic mass is 35.5. The van der Waals surface area contributed by atoms with Gasteiger partial charge in [0.15, 0.2) is 0 Å². The lowest BCUT2D eigenvalue weighted by Gasteiger charge is -2.32. The number of aromatic nitrogens is 3. The van der Waals surface area contributed by atoms with E-state index >= 15 is 0 Å². The number of nitrogen functional groups attached to an aromatic ring is 1. The molecular weight excluding hydrogens is 329 g/mol. The second-order valence-corrected chi connectivity index (χ2v) is 6.17. The number of rotatable bonds is 2. The molecule has 1 aliphatic heterocycles. The van der Waals surface area contributed by atoms with Gasteiger partial charge in [-0.2, -0.15) is 4.98 Å². The molecule has 4 rings (SSSR count). The van der Waals surface area contributed by atoms with Gasteiger partial charge in [0.2, 0.25) is 11.9 Å². The van der Waals surface area contributed by atoms with Gasteiger partial charge in [-0.05, 0) is 35.7 Å². The summed E-state index contributed by atoms with van der Waals surface area (Å²) in [4.78, 5) is 4.25. The molecule has 0 bridgehead atoms. The normalized spacial score (nSPS) is 19.6. The average Bonchev–Trinajstić information content (AvgIpc) is 2.95. The van der Waals surface area contributed by atoms with Gasteiger partial charge in [-0.25, -0.2) is 9.07 Å². The fourth-order valence-corrected chi connectivity index (χ4v) is 3.39. The zero-order chi connectivity index (χ0) is 16.7. The number of nitrogens with one attached hydrogen (secondary N) is 1. The molecule has 0 saturated heterocycles. The second kappa shape index (κ2) is 5.79. The minimum atomic E-state index is -0.270. The van der Waals surface area contributed by atoms with Gasteiger partial charge in [0.25, 0.3) is 0 Å². The van der Waals surface area contributed by atoms with Crippen molar-refractivity contribution in [3.63, 3.8) is 0 Å². The van der Waals surface area contributed by atoms with Crippen LogP contribution in [0.25, 0.3) is 0 Å². The first-order valence-electron chi connectivity index (χ1n) is 7.60. The van der Waals surface area contributed by atoms with Crippen LogP contribution in [0.3, 0.4) is 0 Å². The van der Waals surface area contributed by atoms with Crippen LogP contribution in [0.2, 0.25) is 5.02 Å². The van der Waals surface area contributed by atoms with Crippen LogP contribution >= 0.6 is 11.6 Å². The van der Waals surface area contributed by atoms with Crippen LogP contribution in [0.1, 0.15) is 29.6 Å². The van der Waals surface area contributed by atoms with Gasteiger partial charge < -0.3 is 11.1 Å². The number of nitrogens with zero attached hydrogens (tertiary/aromatic N) is 3. The molecule has 0 aliphatic carbocycles. The molecule has 0 saturated carbocycles. The number of nitrogens with two attached hydrogens (primary N) is 1. The molecule has 2 heterocycles. The Balaban J connectivity index is 1.78. The Labute approximate surface area is 143 Å². The number of hydrogen-bond acceptors (Lipinski definition) is 4. The number of hydrogen-bond donors (Lipinski definition) is 2. The van der Waals surface area contributed by atoms with Crippen LogP contribution in [0, 0.1) is 5.82 Å². The van der Waals surface area contributed by atoms with Crippen molar-refractivity contribution in [2.45, 2.75) is 18.5 Å². The number of benzene rings is 2. The van der Waals surface area contributed by atoms with E-state index in [1.807, 2.05) is 24.3 Å². The third kappa shape index (κ3) is 2.59. The molecule has 0 spiro atoms. The zero-order valence-corrected chi connectivity index (χ0v) is 13.4. The largest absolute Gasteiger partial charge is 0.366 e. The molecule has 7 heteroatoms. The summed E-state index contributed by atoms with van der Waals surface area (Å²) in [6, 6.07) is 14.0. The first kappa shape index (κ1) is 15.0. The van der Waals surface area contributed by atoms with Crippen LogP contribution in [-0.4, -0.2) is 14.8 Å². The van der Waals surface area contributed by atoms with E-state index in [1.54, 1.807) is 16.8 Å². The summed E-state index contributed by atoms with van der Waals surface area (Å²) >= 11 is 6.35. The van der Waals surface area contributed by atoms with E-state index in [4.69, 9.17) is 17.3 Å². The fourth-order valence-electron chi connectivity index (χ4n) is 3.12. The molecule has 122 valence electrons. The quantitative estimate of drug-likeness (QED) is 0.742. The van der Waals surface area contributed by atoms with Gasteiger partial charge in [-0.3, -0.25) is 0 Å². The van der Waals surface area contributed by atoms with Gasteiger partial charge in [0.05, 0.1) is 12.1 Å². The number of fused-ring (bicyclic) bond motifs is 1. The first-order chi connectivity index (χ1) is 11.6. The van der Waals surface area contributed by atoms with Crippen LogP contribution in [0.4, 0.5) is 16.3 Å². The lowest BCUT2D eigenvalue weighted by Crippen LogP contribution is -2.28. The summed E-state index contributed by atoms with van der Waals surface area (Å²) in [5.74, 6) is 0.510. The van der Waals surface area contributed by atoms with Crippen molar-refractivity contribution in [3.8, 4) is 0 Å². The molecule has 0 amide bonds. The highest BCUT2D eigenvalue weighted by Crippen LogP contribution is 2.39. The van der Waals surface area contributed by atoms with Crippen molar-refractivity contribution in [2.75, 3.05) is 11.1 Å². The minimum absolute atomic E-state index is 0.0372. The maximum Gasteiger partial charge on any atom is 0.241 e. The van der Waals surface area contributed by atoms with Crippen molar-refractivity contribution in [3.05, 3.63) is 70.5 Å². The Morgan fingerprint density at radius 2 is 1.92 bits per heavy atom. The predicted octanol–water partition coefficient (Wildman–Crippen LogP) is 3.80. The lowest BCUT2D eigenvalue weighted by molar-refractivity contribution is 0.431. The highest BCUT2D eigenvalue weighted by Gasteiger charge is 2.31. The number of halogens is 2. The van der Waals surface area contributed by atoms with Crippen LogP contribution in [0.15, 0.2) is 48.5 Å². The summed E-state index contributed by atoms with van der Waals surface area (Å²) in [5, 5.41) is 8.30. The van der Waals surface area contributed by atoms with Crippen molar-refractivity contribution < 1.29 is 4.39 Å². The smallest absolute Gasteiger partial charge is 0.241 e. The molecule has 3 N–H and O–H groups in total. The third-order valence-electron chi connectivity index (χ3n) is 4.24. The highest BCUT2D eigenvalue weighted by molar-refractivity contribution is 6.31. The van der Waals surface area contributed by atoms with Gasteiger partial charge in [-0.1, -0.05) is 41.9 Å². The Bertz CT molecular complexity index is 877. The van der Waals surface area contributed by atoms with Crippen LogP contribution < -0.4 is 11.1 Å². The summed E-state index contributed by atoms with van der Waals surface area (Å²) < 4.78 is 15.0. The molecule has 24 heavy (non-hydrogen) atoms. The van der Waals surface area contributed by atoms with Crippen molar-refractivity contribution in [2.24, 2.45) is 0 Å². The Hall–Kier alpha value is -2.60. The summed E-state index contributed by atoms with van der Waals surface area (Å²) in [6.07, 6.45) is 0.700. The van der Waals surface area contributed by atoms with Crippen molar-refractivity contribution in [1.82, 2.24) is 14.8 Å². The van der Waals surface area contributed by atoms with E-state index in [-0.39, 0.29) is 23.8 Å². The maximum atomic E-state index is 13.3. The van der Waals surface area contributed by atoms with Gasteiger partial charge in [0.1, 0.15) is 5.82 Å². The van der Waals surface area contributed by atoms with E-state index in [0.717, 1.165) is 11.1 Å². The molecule has 1 aliphatic rings. The predicted molar refractivity (Wildman–Crippen MR) is 91.4 cm³/mol. The summed E-state index contributed by atoms with van der Waals surface area (Å²) in [6.45, 7) is 0. The molecule has 2 aromatic carbocycles. The molecule has 2 atom stereocenters. The molecular formula is C17H15ClFN5. The molecule has 3 aromatic rings. The first-order valence-corrected chi connectivity index (χ1v) is 7.98. The molecule has 0 unspecified atom stereocenters. The second-order valence-electron chi connectivity index (χ2n) is 5.76. The molecule has 1 aromatic heterocycles. The van der Waals surface area contributed by atoms with E-state index in [1.165, 1.54) is 12.1 Å². The van der Waals surface area contributed by atoms with E-state index in [2.05, 4.69) is 15.4 Å². The van der Waals surface area contributed by atoms with E-state index in [0.29, 0.717) is 17.4 Å². The van der Waals surface area contributed by atoms with E-state index in [9.17, 15) is 4.39 Å². The monoisotopic (exact) mass is 343 g/mol. The molecule has 0 radical (unpaired) electrons. The van der Waals surface area contributed by atoms with Crippen LogP contribution in [0.5, 0.6) is 0 Å². The number of anilines is 2. The summed E-state index contributed by atoms with van der Waals surface area (Å²) in [7, 11) is 0. The topological polar surface area (TPSA) is 68.8 Å². The lowest BCUT2D eigenvalue weighted by atomic mass is 9.93.